The van der Waals surface area contributed by atoms with Gasteiger partial charge >= 0.3 is 5.69 Å². The Morgan fingerprint density at radius 3 is 2.90 bits per heavy atom. The molecule has 1 aliphatic rings. The summed E-state index contributed by atoms with van der Waals surface area (Å²) in [4.78, 5) is 33.8. The number of aryl methyl sites for hydroxylation is 3. The van der Waals surface area contributed by atoms with Crippen LogP contribution in [0.4, 0.5) is 5.82 Å². The van der Waals surface area contributed by atoms with Crippen LogP contribution in [0.15, 0.2) is 44.9 Å². The molecule has 0 unspecified atom stereocenters. The highest BCUT2D eigenvalue weighted by molar-refractivity contribution is 6.14. The number of carbonyl (C=O) groups is 1. The number of carbonyl (C=O) groups excluding carboxylic acids is 1. The number of amides is 1. The molecular formula is C18H20N10O3. The highest BCUT2D eigenvalue weighted by atomic mass is 16.3. The maximum atomic E-state index is 13.0. The van der Waals surface area contributed by atoms with Crippen LogP contribution in [0.5, 0.6) is 0 Å². The molecule has 1 amide bonds. The van der Waals surface area contributed by atoms with E-state index in [0.717, 1.165) is 0 Å². The summed E-state index contributed by atoms with van der Waals surface area (Å²) in [5.74, 6) is 7.32. The molecule has 0 atom stereocenters. The molecule has 5 rings (SSSR count). The van der Waals surface area contributed by atoms with Gasteiger partial charge in [0.05, 0.1) is 19.4 Å². The van der Waals surface area contributed by atoms with E-state index in [1.54, 1.807) is 54.0 Å². The number of rotatable bonds is 5. The summed E-state index contributed by atoms with van der Waals surface area (Å²) in [6, 6.07) is 5.19. The van der Waals surface area contributed by atoms with E-state index in [9.17, 15) is 9.59 Å². The summed E-state index contributed by atoms with van der Waals surface area (Å²) in [7, 11) is 3.20. The molecule has 31 heavy (non-hydrogen) atoms. The molecule has 4 aromatic rings. The minimum atomic E-state index is -0.272. The Labute approximate surface area is 174 Å². The normalized spacial score (nSPS) is 13.5. The number of furan rings is 1. The van der Waals surface area contributed by atoms with E-state index in [2.05, 4.69) is 20.4 Å². The third-order valence-corrected chi connectivity index (χ3v) is 5.15. The van der Waals surface area contributed by atoms with Crippen molar-refractivity contribution in [3.05, 3.63) is 58.3 Å². The van der Waals surface area contributed by atoms with Crippen molar-refractivity contribution >= 4 is 23.2 Å². The Bertz CT molecular complexity index is 1370. The average Bonchev–Trinajstić information content (AvgIpc) is 3.55. The second-order valence-electron chi connectivity index (χ2n) is 6.99. The molecule has 4 aromatic heterocycles. The van der Waals surface area contributed by atoms with Gasteiger partial charge in [0.15, 0.2) is 11.6 Å². The number of nitrogens with one attached hydrogen (secondary N) is 1. The maximum Gasteiger partial charge on any atom is 0.345 e. The monoisotopic (exact) mass is 424 g/mol. The molecule has 13 nitrogen and oxygen atoms in total. The topological polar surface area (TPSA) is 146 Å². The number of imidazole rings is 1. The lowest BCUT2D eigenvalue weighted by atomic mass is 10.2. The number of aliphatic imine (C=N–C) groups is 1. The van der Waals surface area contributed by atoms with E-state index >= 15 is 0 Å². The molecule has 5 heterocycles. The number of aromatic nitrogens is 6. The van der Waals surface area contributed by atoms with Gasteiger partial charge in [-0.15, -0.1) is 0 Å². The molecule has 0 aliphatic carbocycles. The van der Waals surface area contributed by atoms with Crippen molar-refractivity contribution in [1.82, 2.24) is 33.8 Å². The van der Waals surface area contributed by atoms with Gasteiger partial charge in [-0.25, -0.2) is 19.8 Å². The summed E-state index contributed by atoms with van der Waals surface area (Å²) in [6.07, 6.45) is 3.25. The molecular weight excluding hydrogens is 404 g/mol. The molecule has 0 radical (unpaired) electrons. The zero-order valence-electron chi connectivity index (χ0n) is 16.9. The van der Waals surface area contributed by atoms with Crippen LogP contribution in [0.1, 0.15) is 21.9 Å². The maximum absolute atomic E-state index is 13.0. The van der Waals surface area contributed by atoms with Gasteiger partial charge in [0.25, 0.3) is 5.91 Å². The number of fused-ring (bicyclic) bond motifs is 3. The molecule has 1 aliphatic heterocycles. The molecule has 3 N–H and O–H groups in total. The molecule has 0 spiro atoms. The van der Waals surface area contributed by atoms with Gasteiger partial charge in [-0.1, -0.05) is 0 Å². The fourth-order valence-electron chi connectivity index (χ4n) is 3.63. The third-order valence-electron chi connectivity index (χ3n) is 5.15. The van der Waals surface area contributed by atoms with Crippen LogP contribution >= 0.6 is 0 Å². The second-order valence-corrected chi connectivity index (χ2v) is 6.99. The molecule has 160 valence electrons. The number of hydrazine groups is 1. The SMILES string of the molecule is CNC(=O)c1ccn(CCn2c(=O)n(C)n3c4c(nc23)N(N)CN=C4c2ccco2)n1. The fraction of sp³-hybridized carbons (Fsp3) is 0.278. The van der Waals surface area contributed by atoms with Crippen molar-refractivity contribution in [3.63, 3.8) is 0 Å². The van der Waals surface area contributed by atoms with Crippen molar-refractivity contribution in [2.75, 3.05) is 18.7 Å². The zero-order chi connectivity index (χ0) is 21.7. The molecule has 13 heteroatoms. The number of nitrogens with zero attached hydrogens (tertiary/aromatic N) is 8. The van der Waals surface area contributed by atoms with Gasteiger partial charge in [0.2, 0.25) is 5.78 Å². The number of anilines is 1. The Balaban J connectivity index is 1.55. The van der Waals surface area contributed by atoms with Crippen LogP contribution in [-0.4, -0.2) is 53.9 Å². The summed E-state index contributed by atoms with van der Waals surface area (Å²) in [5.41, 5.74) is 1.21. The minimum Gasteiger partial charge on any atom is -0.463 e. The van der Waals surface area contributed by atoms with Crippen molar-refractivity contribution in [2.45, 2.75) is 13.1 Å². The summed E-state index contributed by atoms with van der Waals surface area (Å²) < 4.78 is 11.8. The van der Waals surface area contributed by atoms with Crippen molar-refractivity contribution in [2.24, 2.45) is 17.9 Å². The summed E-state index contributed by atoms with van der Waals surface area (Å²) >= 11 is 0. The first-order chi connectivity index (χ1) is 15.0. The van der Waals surface area contributed by atoms with Crippen LogP contribution in [0.25, 0.3) is 5.78 Å². The van der Waals surface area contributed by atoms with E-state index < -0.39 is 0 Å². The molecule has 0 fully saturated rings. The van der Waals surface area contributed by atoms with E-state index in [4.69, 9.17) is 10.3 Å². The lowest BCUT2D eigenvalue weighted by molar-refractivity contribution is 0.0957. The highest BCUT2D eigenvalue weighted by Crippen LogP contribution is 2.26. The van der Waals surface area contributed by atoms with Gasteiger partial charge in [0, 0.05) is 20.3 Å². The van der Waals surface area contributed by atoms with Crippen molar-refractivity contribution < 1.29 is 9.21 Å². The van der Waals surface area contributed by atoms with Crippen LogP contribution in [-0.2, 0) is 20.1 Å². The second kappa shape index (κ2) is 6.98. The Kier molecular flexibility index (Phi) is 4.25. The van der Waals surface area contributed by atoms with E-state index in [1.165, 1.54) is 14.3 Å². The predicted octanol–water partition coefficient (Wildman–Crippen LogP) is -0.828. The first-order valence-electron chi connectivity index (χ1n) is 9.54. The lowest BCUT2D eigenvalue weighted by Gasteiger charge is -2.20. The van der Waals surface area contributed by atoms with E-state index in [0.29, 0.717) is 47.5 Å². The largest absolute Gasteiger partial charge is 0.463 e. The van der Waals surface area contributed by atoms with Gasteiger partial charge < -0.3 is 9.73 Å². The predicted molar refractivity (Wildman–Crippen MR) is 110 cm³/mol. The van der Waals surface area contributed by atoms with E-state index in [-0.39, 0.29) is 18.3 Å². The molecule has 0 saturated heterocycles. The van der Waals surface area contributed by atoms with Crippen LogP contribution in [0.2, 0.25) is 0 Å². The van der Waals surface area contributed by atoms with Gasteiger partial charge in [-0.05, 0) is 18.2 Å². The number of hydrogen-bond acceptors (Lipinski definition) is 8. The number of nitrogens with two attached hydrogens (primary N) is 1. The van der Waals surface area contributed by atoms with Crippen LogP contribution < -0.4 is 21.9 Å². The third kappa shape index (κ3) is 2.85. The summed E-state index contributed by atoms with van der Waals surface area (Å²) in [5, 5.41) is 8.18. The molecule has 0 aromatic carbocycles. The molecule has 0 bridgehead atoms. The smallest absolute Gasteiger partial charge is 0.345 e. The Morgan fingerprint density at radius 2 is 2.16 bits per heavy atom. The van der Waals surface area contributed by atoms with Crippen molar-refractivity contribution in [3.8, 4) is 0 Å². The molecule has 0 saturated carbocycles. The van der Waals surface area contributed by atoms with E-state index in [1.807, 2.05) is 0 Å². The minimum absolute atomic E-state index is 0.215. The average molecular weight is 424 g/mol. The quantitative estimate of drug-likeness (QED) is 0.398. The first kappa shape index (κ1) is 18.9. The fourth-order valence-corrected chi connectivity index (χ4v) is 3.63. The summed E-state index contributed by atoms with van der Waals surface area (Å²) in [6.45, 7) is 0.887. The van der Waals surface area contributed by atoms with Crippen LogP contribution in [0.3, 0.4) is 0 Å². The Hall–Kier alpha value is -4.13. The Morgan fingerprint density at radius 1 is 1.32 bits per heavy atom. The highest BCUT2D eigenvalue weighted by Gasteiger charge is 2.31. The van der Waals surface area contributed by atoms with Gasteiger partial charge in [0.1, 0.15) is 23.8 Å². The van der Waals surface area contributed by atoms with Crippen molar-refractivity contribution in [1.29, 1.82) is 0 Å². The first-order valence-corrected chi connectivity index (χ1v) is 9.54. The lowest BCUT2D eigenvalue weighted by Crippen LogP contribution is -2.37. The van der Waals surface area contributed by atoms with Crippen LogP contribution in [0, 0.1) is 0 Å². The standard InChI is InChI=1S/C18H20N10O3/c1-20-16(29)11-5-6-25(23-11)7-8-26-17-22-15-14(28(17)24(2)18(26)30)13(21-10-27(15)19)12-4-3-9-31-12/h3-6,9H,7-8,10,19H2,1-2H3,(H,20,29). The zero-order valence-corrected chi connectivity index (χ0v) is 16.9. The van der Waals surface area contributed by atoms with Gasteiger partial charge in [-0.2, -0.15) is 10.1 Å². The van der Waals surface area contributed by atoms with Gasteiger partial charge in [-0.3, -0.25) is 24.0 Å². The number of hydrogen-bond donors (Lipinski definition) is 2.